The predicted octanol–water partition coefficient (Wildman–Crippen LogP) is 1.70. The van der Waals surface area contributed by atoms with E-state index in [1.165, 1.54) is 12.0 Å². The highest BCUT2D eigenvalue weighted by molar-refractivity contribution is 5.81. The van der Waals surface area contributed by atoms with Crippen molar-refractivity contribution >= 4 is 5.91 Å². The maximum Gasteiger partial charge on any atom is 0.239 e. The van der Waals surface area contributed by atoms with Gasteiger partial charge in [-0.15, -0.1) is 0 Å². The maximum absolute atomic E-state index is 12.0. The Labute approximate surface area is 127 Å². The van der Waals surface area contributed by atoms with Gasteiger partial charge in [-0.2, -0.15) is 0 Å². The first-order valence-electron chi connectivity index (χ1n) is 7.83. The van der Waals surface area contributed by atoms with Crippen LogP contribution in [0.1, 0.15) is 25.3 Å². The van der Waals surface area contributed by atoms with Gasteiger partial charge in [0.15, 0.2) is 0 Å². The Morgan fingerprint density at radius 3 is 2.81 bits per heavy atom. The standard InChI is InChI=1S/C17H27N3O/c1-14(18)17(21)20-10-6-9-16(13-20)12-19(2)11-15-7-4-3-5-8-15/h3-5,7-8,14,16H,6,9-13,18H2,1-2H3/t14-,16?/m0/s1. The molecule has 21 heavy (non-hydrogen) atoms. The van der Waals surface area contributed by atoms with Crippen LogP contribution in [0.3, 0.4) is 0 Å². The molecule has 1 aromatic carbocycles. The van der Waals surface area contributed by atoms with Gasteiger partial charge in [-0.05, 0) is 38.3 Å². The summed E-state index contributed by atoms with van der Waals surface area (Å²) in [6, 6.07) is 10.1. The van der Waals surface area contributed by atoms with Crippen molar-refractivity contribution < 1.29 is 4.79 Å². The summed E-state index contributed by atoms with van der Waals surface area (Å²) in [6.07, 6.45) is 2.28. The highest BCUT2D eigenvalue weighted by Gasteiger charge is 2.25. The zero-order valence-corrected chi connectivity index (χ0v) is 13.2. The van der Waals surface area contributed by atoms with Crippen molar-refractivity contribution in [1.29, 1.82) is 0 Å². The number of hydrogen-bond acceptors (Lipinski definition) is 3. The molecule has 1 unspecified atom stereocenters. The number of piperidine rings is 1. The smallest absolute Gasteiger partial charge is 0.239 e. The Bertz CT molecular complexity index is 447. The second-order valence-corrected chi connectivity index (χ2v) is 6.26. The lowest BCUT2D eigenvalue weighted by molar-refractivity contribution is -0.134. The van der Waals surface area contributed by atoms with Crippen LogP contribution in [0, 0.1) is 5.92 Å². The molecule has 1 aliphatic rings. The van der Waals surface area contributed by atoms with Gasteiger partial charge in [0, 0.05) is 26.2 Å². The van der Waals surface area contributed by atoms with Gasteiger partial charge in [0.2, 0.25) is 5.91 Å². The van der Waals surface area contributed by atoms with Crippen LogP contribution in [0.15, 0.2) is 30.3 Å². The van der Waals surface area contributed by atoms with Gasteiger partial charge < -0.3 is 15.5 Å². The van der Waals surface area contributed by atoms with Gasteiger partial charge >= 0.3 is 0 Å². The van der Waals surface area contributed by atoms with Crippen LogP contribution in [0.4, 0.5) is 0 Å². The second kappa shape index (κ2) is 7.57. The maximum atomic E-state index is 12.0. The summed E-state index contributed by atoms with van der Waals surface area (Å²) in [5, 5.41) is 0. The molecule has 0 saturated carbocycles. The molecule has 4 heteroatoms. The number of carbonyl (C=O) groups is 1. The summed E-state index contributed by atoms with van der Waals surface area (Å²) in [7, 11) is 2.15. The van der Waals surface area contributed by atoms with Crippen LogP contribution in [0.25, 0.3) is 0 Å². The Kier molecular flexibility index (Phi) is 5.76. The molecule has 2 atom stereocenters. The zero-order chi connectivity index (χ0) is 15.2. The number of benzene rings is 1. The summed E-state index contributed by atoms with van der Waals surface area (Å²) in [6.45, 7) is 5.46. The van der Waals surface area contributed by atoms with E-state index in [1.807, 2.05) is 11.0 Å². The highest BCUT2D eigenvalue weighted by Crippen LogP contribution is 2.18. The molecule has 0 aliphatic carbocycles. The van der Waals surface area contributed by atoms with Gasteiger partial charge in [-0.25, -0.2) is 0 Å². The minimum Gasteiger partial charge on any atom is -0.341 e. The first-order chi connectivity index (χ1) is 10.1. The Morgan fingerprint density at radius 2 is 2.14 bits per heavy atom. The van der Waals surface area contributed by atoms with Crippen LogP contribution >= 0.6 is 0 Å². The Balaban J connectivity index is 1.83. The molecule has 2 N–H and O–H groups in total. The fraction of sp³-hybridized carbons (Fsp3) is 0.588. The van der Waals surface area contributed by atoms with Crippen molar-refractivity contribution in [2.75, 3.05) is 26.7 Å². The van der Waals surface area contributed by atoms with Crippen molar-refractivity contribution in [2.45, 2.75) is 32.4 Å². The normalized spacial score (nSPS) is 20.6. The summed E-state index contributed by atoms with van der Waals surface area (Å²) < 4.78 is 0. The van der Waals surface area contributed by atoms with E-state index >= 15 is 0 Å². The van der Waals surface area contributed by atoms with Gasteiger partial charge in [0.05, 0.1) is 6.04 Å². The number of likely N-dealkylation sites (tertiary alicyclic amines) is 1. The molecule has 1 saturated heterocycles. The molecule has 1 amide bonds. The fourth-order valence-electron chi connectivity index (χ4n) is 3.10. The topological polar surface area (TPSA) is 49.6 Å². The Morgan fingerprint density at radius 1 is 1.43 bits per heavy atom. The van der Waals surface area contributed by atoms with E-state index in [0.717, 1.165) is 32.6 Å². The van der Waals surface area contributed by atoms with Gasteiger partial charge in [-0.3, -0.25) is 4.79 Å². The number of nitrogens with two attached hydrogens (primary N) is 1. The van der Waals surface area contributed by atoms with Crippen LogP contribution in [-0.2, 0) is 11.3 Å². The van der Waals surface area contributed by atoms with Crippen molar-refractivity contribution in [3.63, 3.8) is 0 Å². The van der Waals surface area contributed by atoms with E-state index in [1.54, 1.807) is 6.92 Å². The van der Waals surface area contributed by atoms with Crippen molar-refractivity contribution in [3.8, 4) is 0 Å². The fourth-order valence-corrected chi connectivity index (χ4v) is 3.10. The molecule has 1 aromatic rings. The average Bonchev–Trinajstić information content (AvgIpc) is 2.47. The van der Waals surface area contributed by atoms with Gasteiger partial charge in [-0.1, -0.05) is 30.3 Å². The molecule has 0 bridgehead atoms. The SMILES string of the molecule is C[C@H](N)C(=O)N1CCCC(CN(C)Cc2ccccc2)C1. The monoisotopic (exact) mass is 289 g/mol. The zero-order valence-electron chi connectivity index (χ0n) is 13.2. The number of carbonyl (C=O) groups excluding carboxylic acids is 1. The quantitative estimate of drug-likeness (QED) is 0.897. The van der Waals surface area contributed by atoms with Crippen molar-refractivity contribution in [1.82, 2.24) is 9.80 Å². The van der Waals surface area contributed by atoms with E-state index in [9.17, 15) is 4.79 Å². The van der Waals surface area contributed by atoms with Crippen LogP contribution in [0.2, 0.25) is 0 Å². The minimum absolute atomic E-state index is 0.0883. The predicted molar refractivity (Wildman–Crippen MR) is 85.7 cm³/mol. The Hall–Kier alpha value is -1.39. The molecule has 1 fully saturated rings. The summed E-state index contributed by atoms with van der Waals surface area (Å²) in [5.41, 5.74) is 7.05. The molecule has 0 aromatic heterocycles. The number of hydrogen-bond donors (Lipinski definition) is 1. The van der Waals surface area contributed by atoms with Crippen LogP contribution < -0.4 is 5.73 Å². The molecule has 2 rings (SSSR count). The molecule has 1 heterocycles. The van der Waals surface area contributed by atoms with Crippen LogP contribution in [-0.4, -0.2) is 48.4 Å². The first kappa shape index (κ1) is 16.0. The van der Waals surface area contributed by atoms with Gasteiger partial charge in [0.25, 0.3) is 0 Å². The summed E-state index contributed by atoms with van der Waals surface area (Å²) in [4.78, 5) is 16.3. The first-order valence-corrected chi connectivity index (χ1v) is 7.83. The van der Waals surface area contributed by atoms with E-state index in [2.05, 4.69) is 36.2 Å². The molecule has 0 spiro atoms. The van der Waals surface area contributed by atoms with Crippen molar-refractivity contribution in [2.24, 2.45) is 11.7 Å². The number of nitrogens with zero attached hydrogens (tertiary/aromatic N) is 2. The number of amides is 1. The van der Waals surface area contributed by atoms with E-state index < -0.39 is 0 Å². The minimum atomic E-state index is -0.384. The van der Waals surface area contributed by atoms with E-state index in [-0.39, 0.29) is 11.9 Å². The van der Waals surface area contributed by atoms with E-state index in [0.29, 0.717) is 5.92 Å². The molecule has 0 radical (unpaired) electrons. The van der Waals surface area contributed by atoms with Crippen LogP contribution in [0.5, 0.6) is 0 Å². The average molecular weight is 289 g/mol. The molecular weight excluding hydrogens is 262 g/mol. The van der Waals surface area contributed by atoms with Crippen molar-refractivity contribution in [3.05, 3.63) is 35.9 Å². The third-order valence-electron chi connectivity index (χ3n) is 4.09. The summed E-state index contributed by atoms with van der Waals surface area (Å²) in [5.74, 6) is 0.639. The summed E-state index contributed by atoms with van der Waals surface area (Å²) >= 11 is 0. The molecular formula is C17H27N3O. The lowest BCUT2D eigenvalue weighted by Gasteiger charge is -2.35. The molecule has 116 valence electrons. The molecule has 4 nitrogen and oxygen atoms in total. The van der Waals surface area contributed by atoms with Gasteiger partial charge in [0.1, 0.15) is 0 Å². The lowest BCUT2D eigenvalue weighted by atomic mass is 9.97. The lowest BCUT2D eigenvalue weighted by Crippen LogP contribution is -2.48. The third-order valence-corrected chi connectivity index (χ3v) is 4.09. The number of rotatable bonds is 5. The third kappa shape index (κ3) is 4.83. The highest BCUT2D eigenvalue weighted by atomic mass is 16.2. The molecule has 1 aliphatic heterocycles. The van der Waals surface area contributed by atoms with E-state index in [4.69, 9.17) is 5.73 Å². The second-order valence-electron chi connectivity index (χ2n) is 6.26. The largest absolute Gasteiger partial charge is 0.341 e.